The smallest absolute Gasteiger partial charge is 0.323 e. The lowest BCUT2D eigenvalue weighted by atomic mass is 9.93. The first-order valence-corrected chi connectivity index (χ1v) is 7.40. The van der Waals surface area contributed by atoms with Crippen molar-refractivity contribution < 1.29 is 14.7 Å². The van der Waals surface area contributed by atoms with E-state index in [1.165, 1.54) is 30.6 Å². The maximum atomic E-state index is 12.4. The summed E-state index contributed by atoms with van der Waals surface area (Å²) in [4.78, 5) is 24.7. The number of carboxylic acid groups (broad SMARTS) is 1. The molecule has 1 rings (SSSR count). The van der Waals surface area contributed by atoms with Gasteiger partial charge < -0.3 is 10.0 Å². The van der Waals surface area contributed by atoms with Crippen LogP contribution in [0.15, 0.2) is 0 Å². The molecule has 0 spiro atoms. The summed E-state index contributed by atoms with van der Waals surface area (Å²) in [5, 5.41) is 8.92. The van der Waals surface area contributed by atoms with Gasteiger partial charge in [-0.15, -0.1) is 0 Å². The van der Waals surface area contributed by atoms with Gasteiger partial charge in [0.2, 0.25) is 5.91 Å². The van der Waals surface area contributed by atoms with Crippen LogP contribution in [0.1, 0.15) is 52.9 Å². The molecule has 0 aromatic rings. The van der Waals surface area contributed by atoms with E-state index in [0.717, 1.165) is 6.42 Å². The fourth-order valence-electron chi connectivity index (χ4n) is 3.00. The van der Waals surface area contributed by atoms with Gasteiger partial charge in [-0.1, -0.05) is 46.5 Å². The molecule has 1 N–H and O–H groups in total. The summed E-state index contributed by atoms with van der Waals surface area (Å²) in [6.45, 7) is 6.30. The molecule has 0 aliphatic heterocycles. The Labute approximate surface area is 116 Å². The Morgan fingerprint density at radius 3 is 2.26 bits per heavy atom. The molecule has 0 heterocycles. The minimum atomic E-state index is -0.929. The molecule has 1 unspecified atom stereocenters. The summed E-state index contributed by atoms with van der Waals surface area (Å²) in [5.41, 5.74) is 0. The van der Waals surface area contributed by atoms with Gasteiger partial charge >= 0.3 is 5.97 Å². The van der Waals surface area contributed by atoms with E-state index in [9.17, 15) is 9.59 Å². The van der Waals surface area contributed by atoms with Crippen molar-refractivity contribution >= 4 is 11.9 Å². The molecule has 1 fully saturated rings. The predicted molar refractivity (Wildman–Crippen MR) is 74.8 cm³/mol. The van der Waals surface area contributed by atoms with Crippen molar-refractivity contribution in [3.05, 3.63) is 0 Å². The van der Waals surface area contributed by atoms with E-state index in [1.807, 2.05) is 20.8 Å². The first-order valence-electron chi connectivity index (χ1n) is 7.40. The number of carboxylic acids is 1. The maximum absolute atomic E-state index is 12.4. The number of hydrogen-bond acceptors (Lipinski definition) is 2. The molecular weight excluding hydrogens is 242 g/mol. The monoisotopic (exact) mass is 269 g/mol. The van der Waals surface area contributed by atoms with Gasteiger partial charge in [0.05, 0.1) is 0 Å². The minimum Gasteiger partial charge on any atom is -0.480 e. The molecule has 4 nitrogen and oxygen atoms in total. The molecule has 1 aliphatic rings. The van der Waals surface area contributed by atoms with Gasteiger partial charge in [-0.05, 0) is 18.3 Å². The molecule has 4 heteroatoms. The number of rotatable bonds is 7. The van der Waals surface area contributed by atoms with E-state index in [0.29, 0.717) is 18.4 Å². The maximum Gasteiger partial charge on any atom is 0.323 e. The molecule has 1 saturated carbocycles. The summed E-state index contributed by atoms with van der Waals surface area (Å²) >= 11 is 0. The van der Waals surface area contributed by atoms with E-state index < -0.39 is 5.97 Å². The van der Waals surface area contributed by atoms with Crippen molar-refractivity contribution in [3.8, 4) is 0 Å². The first kappa shape index (κ1) is 16.0. The summed E-state index contributed by atoms with van der Waals surface area (Å²) in [7, 11) is 0. The highest BCUT2D eigenvalue weighted by atomic mass is 16.4. The Balaban J connectivity index is 2.54. The fourth-order valence-corrected chi connectivity index (χ4v) is 3.00. The highest BCUT2D eigenvalue weighted by molar-refractivity contribution is 5.82. The minimum absolute atomic E-state index is 0.00278. The number of aliphatic carboxylic acids is 1. The molecule has 0 radical (unpaired) electrons. The second-order valence-corrected chi connectivity index (χ2v) is 6.29. The highest BCUT2D eigenvalue weighted by Gasteiger charge is 2.26. The molecule has 1 amide bonds. The lowest BCUT2D eigenvalue weighted by Crippen LogP contribution is -2.41. The summed E-state index contributed by atoms with van der Waals surface area (Å²) < 4.78 is 0. The number of carbonyl (C=O) groups is 2. The third kappa shape index (κ3) is 5.62. The van der Waals surface area contributed by atoms with Gasteiger partial charge in [-0.3, -0.25) is 9.59 Å². The topological polar surface area (TPSA) is 57.6 Å². The zero-order valence-corrected chi connectivity index (χ0v) is 12.4. The standard InChI is InChI=1S/C15H27NO3/c1-11(2)9-16(10-14(17)18)15(19)12(3)8-13-6-4-5-7-13/h11-13H,4-10H2,1-3H3,(H,17,18). The summed E-state index contributed by atoms with van der Waals surface area (Å²) in [6.07, 6.45) is 5.90. The van der Waals surface area contributed by atoms with Gasteiger partial charge in [0.15, 0.2) is 0 Å². The molecule has 1 atom stereocenters. The predicted octanol–water partition coefficient (Wildman–Crippen LogP) is 2.77. The number of hydrogen-bond donors (Lipinski definition) is 1. The Morgan fingerprint density at radius 2 is 1.79 bits per heavy atom. The second-order valence-electron chi connectivity index (χ2n) is 6.29. The van der Waals surface area contributed by atoms with Crippen LogP contribution in [0.3, 0.4) is 0 Å². The third-order valence-electron chi connectivity index (χ3n) is 3.81. The Kier molecular flexibility index (Phi) is 6.32. The molecular formula is C15H27NO3. The van der Waals surface area contributed by atoms with Crippen molar-refractivity contribution in [2.45, 2.75) is 52.9 Å². The summed E-state index contributed by atoms with van der Waals surface area (Å²) in [5.74, 6) is -0.0297. The quantitative estimate of drug-likeness (QED) is 0.773. The number of carbonyl (C=O) groups excluding carboxylic acids is 1. The van der Waals surface area contributed by atoms with Crippen molar-refractivity contribution in [3.63, 3.8) is 0 Å². The van der Waals surface area contributed by atoms with Gasteiger partial charge in [-0.2, -0.15) is 0 Å². The van der Waals surface area contributed by atoms with Crippen LogP contribution in [0, 0.1) is 17.8 Å². The van der Waals surface area contributed by atoms with Crippen molar-refractivity contribution in [2.75, 3.05) is 13.1 Å². The average Bonchev–Trinajstić information content (AvgIpc) is 2.78. The van der Waals surface area contributed by atoms with Crippen LogP contribution in [0.2, 0.25) is 0 Å². The summed E-state index contributed by atoms with van der Waals surface area (Å²) in [6, 6.07) is 0. The molecule has 0 aromatic carbocycles. The van der Waals surface area contributed by atoms with Crippen molar-refractivity contribution in [2.24, 2.45) is 17.8 Å². The van der Waals surface area contributed by atoms with Crippen LogP contribution in [-0.2, 0) is 9.59 Å². The Morgan fingerprint density at radius 1 is 1.21 bits per heavy atom. The van der Waals surface area contributed by atoms with E-state index in [4.69, 9.17) is 5.11 Å². The van der Waals surface area contributed by atoms with Crippen LogP contribution in [0.5, 0.6) is 0 Å². The Bertz CT molecular complexity index is 309. The SMILES string of the molecule is CC(C)CN(CC(=O)O)C(=O)C(C)CC1CCCC1. The van der Waals surface area contributed by atoms with E-state index >= 15 is 0 Å². The van der Waals surface area contributed by atoms with Crippen LogP contribution < -0.4 is 0 Å². The molecule has 1 aliphatic carbocycles. The van der Waals surface area contributed by atoms with Crippen molar-refractivity contribution in [1.82, 2.24) is 4.90 Å². The van der Waals surface area contributed by atoms with Gasteiger partial charge in [0, 0.05) is 12.5 Å². The molecule has 0 aromatic heterocycles. The molecule has 0 bridgehead atoms. The lowest BCUT2D eigenvalue weighted by Gasteiger charge is -2.27. The molecule has 110 valence electrons. The molecule has 19 heavy (non-hydrogen) atoms. The number of amides is 1. The molecule has 0 saturated heterocycles. The number of nitrogens with zero attached hydrogens (tertiary/aromatic N) is 1. The van der Waals surface area contributed by atoms with E-state index in [-0.39, 0.29) is 18.4 Å². The fraction of sp³-hybridized carbons (Fsp3) is 0.867. The van der Waals surface area contributed by atoms with E-state index in [2.05, 4.69) is 0 Å². The Hall–Kier alpha value is -1.06. The lowest BCUT2D eigenvalue weighted by molar-refractivity contribution is -0.146. The zero-order valence-electron chi connectivity index (χ0n) is 12.4. The largest absolute Gasteiger partial charge is 0.480 e. The first-order chi connectivity index (χ1) is 8.90. The van der Waals surface area contributed by atoms with Crippen molar-refractivity contribution in [1.29, 1.82) is 0 Å². The normalized spacial score (nSPS) is 17.7. The van der Waals surface area contributed by atoms with Crippen LogP contribution in [0.25, 0.3) is 0 Å². The van der Waals surface area contributed by atoms with E-state index in [1.54, 1.807) is 0 Å². The highest BCUT2D eigenvalue weighted by Crippen LogP contribution is 2.30. The van der Waals surface area contributed by atoms with Gasteiger partial charge in [0.25, 0.3) is 0 Å². The van der Waals surface area contributed by atoms with Crippen LogP contribution in [-0.4, -0.2) is 35.0 Å². The average molecular weight is 269 g/mol. The van der Waals surface area contributed by atoms with Crippen LogP contribution in [0.4, 0.5) is 0 Å². The second kappa shape index (κ2) is 7.51. The van der Waals surface area contributed by atoms with Crippen LogP contribution >= 0.6 is 0 Å². The van der Waals surface area contributed by atoms with Gasteiger partial charge in [0.1, 0.15) is 6.54 Å². The van der Waals surface area contributed by atoms with Gasteiger partial charge in [-0.25, -0.2) is 0 Å². The third-order valence-corrected chi connectivity index (χ3v) is 3.81. The zero-order chi connectivity index (χ0) is 14.4.